The van der Waals surface area contributed by atoms with Crippen LogP contribution in [0, 0.1) is 0 Å². The molecule has 2 aromatic heterocycles. The van der Waals surface area contributed by atoms with Gasteiger partial charge in [0.1, 0.15) is 22.9 Å². The van der Waals surface area contributed by atoms with Gasteiger partial charge in [0.25, 0.3) is 11.5 Å². The lowest BCUT2D eigenvalue weighted by molar-refractivity contribution is 0.0532. The largest absolute Gasteiger partial charge is 0.492 e. The number of thiazole rings is 1. The molecule has 0 unspecified atom stereocenters. The van der Waals surface area contributed by atoms with E-state index in [4.69, 9.17) is 9.47 Å². The van der Waals surface area contributed by atoms with Crippen LogP contribution in [0.4, 0.5) is 5.13 Å². The van der Waals surface area contributed by atoms with Crippen molar-refractivity contribution in [1.82, 2.24) is 14.8 Å². The van der Waals surface area contributed by atoms with E-state index < -0.39 is 11.9 Å². The number of aromatic nitrogens is 3. The van der Waals surface area contributed by atoms with E-state index in [-0.39, 0.29) is 41.0 Å². The number of amides is 1. The van der Waals surface area contributed by atoms with Crippen LogP contribution < -0.4 is 15.6 Å². The number of esters is 1. The minimum Gasteiger partial charge on any atom is -0.492 e. The smallest absolute Gasteiger partial charge is 0.350 e. The Hall–Kier alpha value is -4.31. The number of nitrogens with zero attached hydrogens (tertiary/aromatic N) is 3. The van der Waals surface area contributed by atoms with Crippen LogP contribution in [0.15, 0.2) is 77.6 Å². The van der Waals surface area contributed by atoms with Crippen LogP contribution in [0.3, 0.4) is 0 Å². The molecule has 9 nitrogen and oxygen atoms in total. The number of benzene rings is 2. The first-order chi connectivity index (χ1) is 17.0. The molecule has 0 bridgehead atoms. The number of carbonyl (C=O) groups excluding carboxylic acids is 2. The number of nitrogens with one attached hydrogen (secondary N) is 1. The lowest BCUT2D eigenvalue weighted by Crippen LogP contribution is -2.28. The molecular formula is C25H22N4O5S. The van der Waals surface area contributed by atoms with Crippen molar-refractivity contribution >= 4 is 28.3 Å². The lowest BCUT2D eigenvalue weighted by Gasteiger charge is -2.08. The van der Waals surface area contributed by atoms with Crippen molar-refractivity contribution < 1.29 is 19.1 Å². The maximum absolute atomic E-state index is 12.9. The molecule has 10 heteroatoms. The SMILES string of the molecule is CCOC(=O)c1sc(NC(=O)c2ccc(=O)n(CCOc3ccccc3)n2)nc1-c1ccccc1. The van der Waals surface area contributed by atoms with E-state index in [1.165, 1.54) is 16.8 Å². The van der Waals surface area contributed by atoms with E-state index in [1.807, 2.05) is 60.7 Å². The van der Waals surface area contributed by atoms with Gasteiger partial charge in [-0.15, -0.1) is 0 Å². The van der Waals surface area contributed by atoms with Gasteiger partial charge in [-0.3, -0.25) is 14.9 Å². The predicted octanol–water partition coefficient (Wildman–Crippen LogP) is 3.87. The molecule has 4 rings (SSSR count). The van der Waals surface area contributed by atoms with Gasteiger partial charge in [0.05, 0.1) is 18.8 Å². The Bertz CT molecular complexity index is 1370. The standard InChI is InChI=1S/C25H22N4O5S/c1-2-33-24(32)22-21(17-9-5-3-6-10-17)26-25(35-22)27-23(31)19-13-14-20(30)29(28-19)15-16-34-18-11-7-4-8-12-18/h3-14H,2,15-16H2,1H3,(H,26,27,31). The molecule has 1 amide bonds. The third kappa shape index (κ3) is 5.98. The van der Waals surface area contributed by atoms with E-state index in [0.29, 0.717) is 11.4 Å². The van der Waals surface area contributed by atoms with Gasteiger partial charge < -0.3 is 9.47 Å². The predicted molar refractivity (Wildman–Crippen MR) is 132 cm³/mol. The average Bonchev–Trinajstić information content (AvgIpc) is 3.30. The highest BCUT2D eigenvalue weighted by atomic mass is 32.1. The van der Waals surface area contributed by atoms with Crippen molar-refractivity contribution in [3.63, 3.8) is 0 Å². The number of anilines is 1. The van der Waals surface area contributed by atoms with Crippen LogP contribution in [0.25, 0.3) is 11.3 Å². The summed E-state index contributed by atoms with van der Waals surface area (Å²) in [7, 11) is 0. The molecular weight excluding hydrogens is 468 g/mol. The molecule has 2 aromatic carbocycles. The number of hydrogen-bond donors (Lipinski definition) is 1. The van der Waals surface area contributed by atoms with Gasteiger partial charge in [-0.25, -0.2) is 14.5 Å². The van der Waals surface area contributed by atoms with E-state index in [9.17, 15) is 14.4 Å². The van der Waals surface area contributed by atoms with Crippen molar-refractivity contribution in [1.29, 1.82) is 0 Å². The number of para-hydroxylation sites is 1. The zero-order chi connectivity index (χ0) is 24.6. The molecule has 0 spiro atoms. The molecule has 0 aliphatic rings. The van der Waals surface area contributed by atoms with Crippen molar-refractivity contribution in [2.75, 3.05) is 18.5 Å². The van der Waals surface area contributed by atoms with Gasteiger partial charge >= 0.3 is 5.97 Å². The van der Waals surface area contributed by atoms with Gasteiger partial charge in [0.15, 0.2) is 5.13 Å². The van der Waals surface area contributed by atoms with E-state index in [0.717, 1.165) is 16.9 Å². The highest BCUT2D eigenvalue weighted by Gasteiger charge is 2.22. The quantitative estimate of drug-likeness (QED) is 0.354. The first kappa shape index (κ1) is 23.8. The summed E-state index contributed by atoms with van der Waals surface area (Å²) >= 11 is 1.01. The average molecular weight is 491 g/mol. The second-order valence-electron chi connectivity index (χ2n) is 7.18. The fraction of sp³-hybridized carbons (Fsp3) is 0.160. The highest BCUT2D eigenvalue weighted by Crippen LogP contribution is 2.32. The van der Waals surface area contributed by atoms with Crippen molar-refractivity contribution in [3.05, 3.63) is 93.7 Å². The zero-order valence-electron chi connectivity index (χ0n) is 18.8. The van der Waals surface area contributed by atoms with Gasteiger partial charge in [-0.05, 0) is 25.1 Å². The fourth-order valence-corrected chi connectivity index (χ4v) is 4.03. The Balaban J connectivity index is 1.50. The van der Waals surface area contributed by atoms with Crippen molar-refractivity contribution in [2.24, 2.45) is 0 Å². The Morgan fingerprint density at radius 1 is 1.00 bits per heavy atom. The number of rotatable bonds is 9. The lowest BCUT2D eigenvalue weighted by atomic mass is 10.1. The Morgan fingerprint density at radius 2 is 1.71 bits per heavy atom. The Kier molecular flexibility index (Phi) is 7.63. The second kappa shape index (κ2) is 11.2. The van der Waals surface area contributed by atoms with Crippen LogP contribution in [-0.2, 0) is 11.3 Å². The Labute approximate surface area is 205 Å². The van der Waals surface area contributed by atoms with Crippen LogP contribution in [-0.4, -0.2) is 39.9 Å². The van der Waals surface area contributed by atoms with Gasteiger partial charge in [-0.1, -0.05) is 59.9 Å². The van der Waals surface area contributed by atoms with Crippen LogP contribution in [0.5, 0.6) is 5.75 Å². The topological polar surface area (TPSA) is 112 Å². The van der Waals surface area contributed by atoms with Crippen molar-refractivity contribution in [3.8, 4) is 17.0 Å². The minimum absolute atomic E-state index is 0.0263. The fourth-order valence-electron chi connectivity index (χ4n) is 3.16. The zero-order valence-corrected chi connectivity index (χ0v) is 19.7. The normalized spacial score (nSPS) is 10.5. The van der Waals surface area contributed by atoms with E-state index in [2.05, 4.69) is 15.4 Å². The number of carbonyl (C=O) groups is 2. The maximum Gasteiger partial charge on any atom is 0.350 e. The molecule has 0 saturated heterocycles. The second-order valence-corrected chi connectivity index (χ2v) is 8.18. The van der Waals surface area contributed by atoms with E-state index in [1.54, 1.807) is 6.92 Å². The molecule has 2 heterocycles. The molecule has 1 N–H and O–H groups in total. The number of hydrogen-bond acceptors (Lipinski definition) is 8. The third-order valence-corrected chi connectivity index (χ3v) is 5.72. The van der Waals surface area contributed by atoms with Gasteiger partial charge in [0, 0.05) is 11.6 Å². The summed E-state index contributed by atoms with van der Waals surface area (Å²) < 4.78 is 11.9. The van der Waals surface area contributed by atoms with Gasteiger partial charge in [-0.2, -0.15) is 5.10 Å². The molecule has 0 radical (unpaired) electrons. The maximum atomic E-state index is 12.9. The first-order valence-corrected chi connectivity index (χ1v) is 11.7. The highest BCUT2D eigenvalue weighted by molar-refractivity contribution is 7.18. The monoisotopic (exact) mass is 490 g/mol. The van der Waals surface area contributed by atoms with E-state index >= 15 is 0 Å². The van der Waals surface area contributed by atoms with Crippen LogP contribution in [0.1, 0.15) is 27.1 Å². The Morgan fingerprint density at radius 3 is 2.43 bits per heavy atom. The molecule has 35 heavy (non-hydrogen) atoms. The third-order valence-electron chi connectivity index (χ3n) is 4.77. The summed E-state index contributed by atoms with van der Waals surface area (Å²) in [5, 5.41) is 7.03. The van der Waals surface area contributed by atoms with Crippen LogP contribution in [0.2, 0.25) is 0 Å². The first-order valence-electron chi connectivity index (χ1n) is 10.9. The van der Waals surface area contributed by atoms with Crippen molar-refractivity contribution in [2.45, 2.75) is 13.5 Å². The number of ether oxygens (including phenoxy) is 2. The summed E-state index contributed by atoms with van der Waals surface area (Å²) in [6, 6.07) is 20.9. The molecule has 0 aliphatic carbocycles. The van der Waals surface area contributed by atoms with Crippen LogP contribution >= 0.6 is 11.3 Å². The van der Waals surface area contributed by atoms with Gasteiger partial charge in [0.2, 0.25) is 0 Å². The molecule has 4 aromatic rings. The molecule has 0 aliphatic heterocycles. The molecule has 0 fully saturated rings. The molecule has 178 valence electrons. The summed E-state index contributed by atoms with van der Waals surface area (Å²) in [5.74, 6) is -0.411. The molecule has 0 atom stereocenters. The summed E-state index contributed by atoms with van der Waals surface area (Å²) in [5.41, 5.74) is 0.805. The summed E-state index contributed by atoms with van der Waals surface area (Å²) in [4.78, 5) is 42.2. The summed E-state index contributed by atoms with van der Waals surface area (Å²) in [6.07, 6.45) is 0. The minimum atomic E-state index is -0.563. The molecule has 0 saturated carbocycles. The summed E-state index contributed by atoms with van der Waals surface area (Å²) in [6.45, 7) is 2.30.